The van der Waals surface area contributed by atoms with Crippen LogP contribution in [0.3, 0.4) is 0 Å². The van der Waals surface area contributed by atoms with Crippen molar-refractivity contribution in [2.75, 3.05) is 0 Å². The van der Waals surface area contributed by atoms with Gasteiger partial charge in [0.05, 0.1) is 5.39 Å². The van der Waals surface area contributed by atoms with Crippen LogP contribution in [0.4, 0.5) is 0 Å². The zero-order valence-electron chi connectivity index (χ0n) is 7.24. The Bertz CT molecular complexity index is 518. The molecule has 2 aromatic rings. The summed E-state index contributed by atoms with van der Waals surface area (Å²) in [7, 11) is 0. The van der Waals surface area contributed by atoms with Crippen LogP contribution in [0.15, 0.2) is 16.9 Å². The Kier molecular flexibility index (Phi) is 3.08. The van der Waals surface area contributed by atoms with Crippen LogP contribution in [0, 0.1) is 6.92 Å². The number of nitrogens with zero attached hydrogens (tertiary/aromatic N) is 2. The first-order chi connectivity index (χ1) is 6.16. The van der Waals surface area contributed by atoms with Crippen molar-refractivity contribution in [1.82, 2.24) is 15.0 Å². The molecule has 0 aliphatic carbocycles. The minimum Gasteiger partial charge on any atom is -0.297 e. The van der Waals surface area contributed by atoms with Crippen LogP contribution in [0.25, 0.3) is 11.0 Å². The lowest BCUT2D eigenvalue weighted by atomic mass is 10.3. The number of aromatic amines is 1. The van der Waals surface area contributed by atoms with E-state index < -0.39 is 0 Å². The van der Waals surface area contributed by atoms with E-state index in [1.54, 1.807) is 12.1 Å². The fraction of sp³-hybridized carbons (Fsp3) is 0.125. The number of aryl methyl sites for hydroxylation is 1. The highest BCUT2D eigenvalue weighted by Crippen LogP contribution is 2.06. The zero-order valence-corrected chi connectivity index (χ0v) is 8.82. The van der Waals surface area contributed by atoms with Gasteiger partial charge < -0.3 is 0 Å². The van der Waals surface area contributed by atoms with E-state index in [0.717, 1.165) is 5.69 Å². The summed E-state index contributed by atoms with van der Waals surface area (Å²) >= 11 is 5.57. The third-order valence-corrected chi connectivity index (χ3v) is 1.86. The van der Waals surface area contributed by atoms with Gasteiger partial charge in [0, 0.05) is 5.69 Å². The summed E-state index contributed by atoms with van der Waals surface area (Å²) in [6.07, 6.45) is 0. The van der Waals surface area contributed by atoms with Crippen molar-refractivity contribution in [3.8, 4) is 0 Å². The summed E-state index contributed by atoms with van der Waals surface area (Å²) in [5.74, 6) is 0. The predicted molar refractivity (Wildman–Crippen MR) is 57.2 cm³/mol. The van der Waals surface area contributed by atoms with E-state index >= 15 is 0 Å². The second-order valence-electron chi connectivity index (χ2n) is 2.68. The summed E-state index contributed by atoms with van der Waals surface area (Å²) in [5.41, 5.74) is 0.929. The molecule has 6 heteroatoms. The first kappa shape index (κ1) is 10.9. The van der Waals surface area contributed by atoms with E-state index in [0.29, 0.717) is 11.0 Å². The highest BCUT2D eigenvalue weighted by atomic mass is 35.5. The van der Waals surface area contributed by atoms with Crippen molar-refractivity contribution in [1.29, 1.82) is 0 Å². The number of hydrogen-bond acceptors (Lipinski definition) is 3. The van der Waals surface area contributed by atoms with Crippen LogP contribution in [-0.4, -0.2) is 15.0 Å². The van der Waals surface area contributed by atoms with Gasteiger partial charge in [-0.15, -0.1) is 12.4 Å². The molecule has 2 aromatic heterocycles. The molecule has 0 aromatic carbocycles. The molecule has 14 heavy (non-hydrogen) atoms. The molecule has 0 atom stereocenters. The summed E-state index contributed by atoms with van der Waals surface area (Å²) in [5, 5.41) is 0.519. The Labute approximate surface area is 90.8 Å². The van der Waals surface area contributed by atoms with Crippen LogP contribution in [-0.2, 0) is 0 Å². The molecule has 0 saturated heterocycles. The molecule has 0 saturated carbocycles. The molecule has 0 spiro atoms. The molecule has 0 aliphatic rings. The molecule has 2 rings (SSSR count). The van der Waals surface area contributed by atoms with Crippen molar-refractivity contribution in [2.45, 2.75) is 6.92 Å². The molecule has 0 amide bonds. The molecule has 1 N–H and O–H groups in total. The van der Waals surface area contributed by atoms with Crippen molar-refractivity contribution >= 4 is 35.0 Å². The van der Waals surface area contributed by atoms with Gasteiger partial charge in [-0.1, -0.05) is 0 Å². The highest BCUT2D eigenvalue weighted by molar-refractivity contribution is 6.28. The maximum atomic E-state index is 11.3. The lowest BCUT2D eigenvalue weighted by molar-refractivity contribution is 1.12. The summed E-state index contributed by atoms with van der Waals surface area (Å²) in [6, 6.07) is 3.44. The average molecular weight is 232 g/mol. The summed E-state index contributed by atoms with van der Waals surface area (Å²) in [6.45, 7) is 1.83. The predicted octanol–water partition coefficient (Wildman–Crippen LogP) is 1.70. The van der Waals surface area contributed by atoms with E-state index in [9.17, 15) is 4.79 Å². The lowest BCUT2D eigenvalue weighted by Crippen LogP contribution is -2.08. The molecule has 0 fully saturated rings. The molecule has 2 heterocycles. The molecular weight excluding hydrogens is 225 g/mol. The minimum absolute atomic E-state index is 0. The minimum atomic E-state index is -0.262. The number of pyridine rings is 1. The normalized spacial score (nSPS) is 9.86. The molecular formula is C8H7Cl2N3O. The number of H-pyrrole nitrogens is 1. The standard InChI is InChI=1S/C8H6ClN3O.ClH/c1-4-2-3-5-6(10-4)11-8(9)12-7(5)13;/h2-3H,1H3,(H,10,11,12,13);1H. The van der Waals surface area contributed by atoms with Crippen LogP contribution >= 0.6 is 24.0 Å². The van der Waals surface area contributed by atoms with Crippen LogP contribution in [0.5, 0.6) is 0 Å². The number of rotatable bonds is 0. The Balaban J connectivity index is 0.000000980. The van der Waals surface area contributed by atoms with Gasteiger partial charge in [-0.05, 0) is 30.7 Å². The van der Waals surface area contributed by atoms with Crippen molar-refractivity contribution < 1.29 is 0 Å². The monoisotopic (exact) mass is 231 g/mol. The van der Waals surface area contributed by atoms with Crippen molar-refractivity contribution in [3.63, 3.8) is 0 Å². The maximum absolute atomic E-state index is 11.3. The number of nitrogens with one attached hydrogen (secondary N) is 1. The van der Waals surface area contributed by atoms with E-state index in [1.165, 1.54) is 0 Å². The van der Waals surface area contributed by atoms with Gasteiger partial charge in [0.15, 0.2) is 5.65 Å². The Morgan fingerprint density at radius 3 is 2.79 bits per heavy atom. The smallest absolute Gasteiger partial charge is 0.261 e. The van der Waals surface area contributed by atoms with Crippen LogP contribution in [0.1, 0.15) is 5.69 Å². The second kappa shape index (κ2) is 3.94. The fourth-order valence-electron chi connectivity index (χ4n) is 1.09. The van der Waals surface area contributed by atoms with Gasteiger partial charge in [0.25, 0.3) is 5.56 Å². The largest absolute Gasteiger partial charge is 0.297 e. The van der Waals surface area contributed by atoms with Gasteiger partial charge >= 0.3 is 0 Å². The number of halogens is 2. The van der Waals surface area contributed by atoms with Gasteiger partial charge in [0.2, 0.25) is 5.28 Å². The quantitative estimate of drug-likeness (QED) is 0.703. The Morgan fingerprint density at radius 1 is 1.36 bits per heavy atom. The number of aromatic nitrogens is 3. The molecule has 0 bridgehead atoms. The van der Waals surface area contributed by atoms with Crippen molar-refractivity contribution in [2.24, 2.45) is 0 Å². The first-order valence-corrected chi connectivity index (χ1v) is 4.08. The van der Waals surface area contributed by atoms with Gasteiger partial charge in [-0.25, -0.2) is 4.98 Å². The number of hydrogen-bond donors (Lipinski definition) is 1. The first-order valence-electron chi connectivity index (χ1n) is 3.70. The Morgan fingerprint density at radius 2 is 2.07 bits per heavy atom. The molecule has 0 aliphatic heterocycles. The highest BCUT2D eigenvalue weighted by Gasteiger charge is 2.02. The van der Waals surface area contributed by atoms with E-state index in [4.69, 9.17) is 11.6 Å². The third-order valence-electron chi connectivity index (χ3n) is 1.68. The third kappa shape index (κ3) is 1.86. The topological polar surface area (TPSA) is 58.6 Å². The van der Waals surface area contributed by atoms with E-state index in [2.05, 4.69) is 15.0 Å². The second-order valence-corrected chi connectivity index (χ2v) is 3.04. The van der Waals surface area contributed by atoms with Gasteiger partial charge in [-0.2, -0.15) is 4.98 Å². The zero-order chi connectivity index (χ0) is 9.42. The molecule has 0 radical (unpaired) electrons. The van der Waals surface area contributed by atoms with Crippen molar-refractivity contribution in [3.05, 3.63) is 33.5 Å². The average Bonchev–Trinajstić information content (AvgIpc) is 2.02. The fourth-order valence-corrected chi connectivity index (χ4v) is 1.25. The molecule has 74 valence electrons. The molecule has 4 nitrogen and oxygen atoms in total. The van der Waals surface area contributed by atoms with E-state index in [1.807, 2.05) is 6.92 Å². The maximum Gasteiger partial charge on any atom is 0.261 e. The lowest BCUT2D eigenvalue weighted by Gasteiger charge is -1.96. The van der Waals surface area contributed by atoms with Gasteiger partial charge in [-0.3, -0.25) is 9.78 Å². The molecule has 0 unspecified atom stereocenters. The number of fused-ring (bicyclic) bond motifs is 1. The van der Waals surface area contributed by atoms with Gasteiger partial charge in [0.1, 0.15) is 0 Å². The SMILES string of the molecule is Cc1ccc2c(=O)[nH]c(Cl)nc2n1.Cl. The Hall–Kier alpha value is -1.13. The summed E-state index contributed by atoms with van der Waals surface area (Å²) < 4.78 is 0. The van der Waals surface area contributed by atoms with Crippen LogP contribution < -0.4 is 5.56 Å². The van der Waals surface area contributed by atoms with E-state index in [-0.39, 0.29) is 23.2 Å². The summed E-state index contributed by atoms with van der Waals surface area (Å²) in [4.78, 5) is 21.7. The van der Waals surface area contributed by atoms with Crippen LogP contribution in [0.2, 0.25) is 5.28 Å².